The number of carbonyl (C=O) groups is 2. The Morgan fingerprint density at radius 1 is 0.824 bits per heavy atom. The quantitative estimate of drug-likeness (QED) is 0.454. The molecule has 1 atom stereocenters. The molecule has 2 aromatic rings. The third-order valence-electron chi connectivity index (χ3n) is 7.82. The number of amides is 1. The molecule has 0 aromatic heterocycles. The highest BCUT2D eigenvalue weighted by molar-refractivity contribution is 5.98. The van der Waals surface area contributed by atoms with Crippen LogP contribution in [0.2, 0.25) is 0 Å². The molecule has 0 saturated carbocycles. The lowest BCUT2D eigenvalue weighted by Crippen LogP contribution is -2.41. The van der Waals surface area contributed by atoms with Gasteiger partial charge in [0.2, 0.25) is 0 Å². The molecule has 1 N–H and O–H groups in total. The third-order valence-corrected chi connectivity index (χ3v) is 7.82. The average molecular weight is 466 g/mol. The number of aliphatic hydroxyl groups is 1. The predicted molar refractivity (Wildman–Crippen MR) is 141 cm³/mol. The molecule has 0 radical (unpaired) electrons. The maximum Gasteiger partial charge on any atom is 0.253 e. The molecule has 2 aromatic carbocycles. The predicted octanol–water partition coefficient (Wildman–Crippen LogP) is 6.48. The molecule has 0 spiro atoms. The molecule has 186 valence electrons. The van der Waals surface area contributed by atoms with Crippen molar-refractivity contribution in [2.24, 2.45) is 5.41 Å². The molecule has 1 unspecified atom stereocenters. The minimum Gasteiger partial charge on any atom is -0.389 e. The molecule has 2 rings (SSSR count). The lowest BCUT2D eigenvalue weighted by atomic mass is 9.69. The van der Waals surface area contributed by atoms with E-state index in [0.717, 1.165) is 29.5 Å². The first kappa shape index (κ1) is 27.8. The first-order chi connectivity index (χ1) is 15.6. The normalized spacial score (nSPS) is 14.0. The molecule has 0 heterocycles. The molecule has 0 bridgehead atoms. The van der Waals surface area contributed by atoms with Crippen molar-refractivity contribution in [3.63, 3.8) is 0 Å². The lowest BCUT2D eigenvalue weighted by Gasteiger charge is -2.37. The van der Waals surface area contributed by atoms with E-state index in [0.29, 0.717) is 5.56 Å². The second-order valence-corrected chi connectivity index (χ2v) is 11.2. The summed E-state index contributed by atoms with van der Waals surface area (Å²) in [7, 11) is 3.54. The number of carbonyl (C=O) groups excluding carboxylic acids is 2. The Labute approximate surface area is 206 Å². The van der Waals surface area contributed by atoms with Crippen LogP contribution in [0.15, 0.2) is 36.4 Å². The van der Waals surface area contributed by atoms with E-state index in [1.54, 1.807) is 25.9 Å². The molecule has 0 aliphatic heterocycles. The Bertz CT molecular complexity index is 1050. The fraction of sp³-hybridized carbons (Fsp3) is 0.533. The highest BCUT2D eigenvalue weighted by Crippen LogP contribution is 2.41. The topological polar surface area (TPSA) is 57.6 Å². The zero-order chi connectivity index (χ0) is 26.1. The van der Waals surface area contributed by atoms with Gasteiger partial charge >= 0.3 is 0 Å². The summed E-state index contributed by atoms with van der Waals surface area (Å²) in [5.41, 5.74) is 3.93. The van der Waals surface area contributed by atoms with E-state index in [-0.39, 0.29) is 23.5 Å². The molecular formula is C30H43NO3. The van der Waals surface area contributed by atoms with E-state index in [4.69, 9.17) is 0 Å². The van der Waals surface area contributed by atoms with Gasteiger partial charge in [-0.3, -0.25) is 9.59 Å². The van der Waals surface area contributed by atoms with Gasteiger partial charge in [0, 0.05) is 37.1 Å². The molecule has 1 amide bonds. The highest BCUT2D eigenvalue weighted by atomic mass is 16.3. The second kappa shape index (κ2) is 10.0. The number of hydrogen-bond donors (Lipinski definition) is 1. The summed E-state index contributed by atoms with van der Waals surface area (Å²) < 4.78 is 0. The Morgan fingerprint density at radius 3 is 1.62 bits per heavy atom. The van der Waals surface area contributed by atoms with E-state index in [2.05, 4.69) is 38.1 Å². The molecule has 34 heavy (non-hydrogen) atoms. The van der Waals surface area contributed by atoms with Gasteiger partial charge in [-0.05, 0) is 67.3 Å². The maximum atomic E-state index is 13.1. The Hall–Kier alpha value is -2.46. The van der Waals surface area contributed by atoms with Crippen molar-refractivity contribution in [1.29, 1.82) is 0 Å². The zero-order valence-corrected chi connectivity index (χ0v) is 22.8. The number of benzene rings is 2. The van der Waals surface area contributed by atoms with Gasteiger partial charge in [0.1, 0.15) is 0 Å². The standard InChI is InChI=1S/C30H43NO3/c1-11-30(12-2,23-14-16-25(21(4)18-23)27(33)31(9)10)22-13-15-24(20(3)17-22)26(32)19-29(8,34)28(5,6)7/h13-18,34H,11-12,19H2,1-10H3. The molecular weight excluding hydrogens is 422 g/mol. The van der Waals surface area contributed by atoms with E-state index >= 15 is 0 Å². The first-order valence-electron chi connectivity index (χ1n) is 12.3. The van der Waals surface area contributed by atoms with E-state index < -0.39 is 11.0 Å². The molecule has 4 heteroatoms. The molecule has 4 nitrogen and oxygen atoms in total. The van der Waals surface area contributed by atoms with Gasteiger partial charge < -0.3 is 10.0 Å². The minimum absolute atomic E-state index is 0.00694. The average Bonchev–Trinajstić information content (AvgIpc) is 2.73. The van der Waals surface area contributed by atoms with Crippen molar-refractivity contribution in [3.8, 4) is 0 Å². The summed E-state index contributed by atoms with van der Waals surface area (Å²) in [6.07, 6.45) is 1.88. The van der Waals surface area contributed by atoms with Crippen molar-refractivity contribution < 1.29 is 14.7 Å². The number of Topliss-reactive ketones (excluding diaryl/α,β-unsaturated/α-hetero) is 1. The summed E-state index contributed by atoms with van der Waals surface area (Å²) in [5, 5.41) is 10.9. The summed E-state index contributed by atoms with van der Waals surface area (Å²) in [6.45, 7) is 15.9. The monoisotopic (exact) mass is 465 g/mol. The largest absolute Gasteiger partial charge is 0.389 e. The lowest BCUT2D eigenvalue weighted by molar-refractivity contribution is -0.0414. The van der Waals surface area contributed by atoms with Crippen LogP contribution in [0.5, 0.6) is 0 Å². The minimum atomic E-state index is -1.09. The number of ketones is 1. The van der Waals surface area contributed by atoms with Crippen molar-refractivity contribution in [1.82, 2.24) is 4.90 Å². The van der Waals surface area contributed by atoms with Crippen LogP contribution < -0.4 is 0 Å². The maximum absolute atomic E-state index is 13.1. The van der Waals surface area contributed by atoms with E-state index in [1.807, 2.05) is 46.8 Å². The SMILES string of the molecule is CCC(CC)(c1ccc(C(=O)CC(C)(O)C(C)(C)C)c(C)c1)c1ccc(C(=O)N(C)C)c(C)c1. The van der Waals surface area contributed by atoms with Gasteiger partial charge in [0.15, 0.2) is 5.78 Å². The van der Waals surface area contributed by atoms with E-state index in [1.165, 1.54) is 11.1 Å². The van der Waals surface area contributed by atoms with Crippen LogP contribution in [0.1, 0.15) is 104 Å². The fourth-order valence-electron chi connectivity index (χ4n) is 4.62. The number of aryl methyl sites for hydroxylation is 2. The fourth-order valence-corrected chi connectivity index (χ4v) is 4.62. The molecule has 0 saturated heterocycles. The summed E-state index contributed by atoms with van der Waals surface area (Å²) >= 11 is 0. The second-order valence-electron chi connectivity index (χ2n) is 11.2. The summed E-state index contributed by atoms with van der Waals surface area (Å²) in [5.74, 6) is -0.0301. The van der Waals surface area contributed by atoms with Gasteiger partial charge in [-0.25, -0.2) is 0 Å². The van der Waals surface area contributed by atoms with Gasteiger partial charge in [0.25, 0.3) is 5.91 Å². The van der Waals surface area contributed by atoms with Crippen molar-refractivity contribution in [2.75, 3.05) is 14.1 Å². The summed E-state index contributed by atoms with van der Waals surface area (Å²) in [4.78, 5) is 27.2. The van der Waals surface area contributed by atoms with Crippen LogP contribution in [0.4, 0.5) is 0 Å². The van der Waals surface area contributed by atoms with Crippen LogP contribution >= 0.6 is 0 Å². The van der Waals surface area contributed by atoms with Gasteiger partial charge in [-0.1, -0.05) is 65.0 Å². The Balaban J connectivity index is 2.49. The zero-order valence-electron chi connectivity index (χ0n) is 22.8. The van der Waals surface area contributed by atoms with Crippen LogP contribution in [-0.2, 0) is 5.41 Å². The van der Waals surface area contributed by atoms with Gasteiger partial charge in [-0.2, -0.15) is 0 Å². The summed E-state index contributed by atoms with van der Waals surface area (Å²) in [6, 6.07) is 12.3. The van der Waals surface area contributed by atoms with Gasteiger partial charge in [0.05, 0.1) is 5.60 Å². The first-order valence-corrected chi connectivity index (χ1v) is 12.3. The molecule has 0 aliphatic carbocycles. The molecule has 0 aliphatic rings. The van der Waals surface area contributed by atoms with Gasteiger partial charge in [-0.15, -0.1) is 0 Å². The van der Waals surface area contributed by atoms with Crippen LogP contribution in [0.25, 0.3) is 0 Å². The highest BCUT2D eigenvalue weighted by Gasteiger charge is 2.38. The van der Waals surface area contributed by atoms with Crippen molar-refractivity contribution in [2.45, 2.75) is 85.7 Å². The third kappa shape index (κ3) is 5.27. The molecule has 0 fully saturated rings. The van der Waals surface area contributed by atoms with Crippen LogP contribution in [-0.4, -0.2) is 41.4 Å². The Kier molecular flexibility index (Phi) is 8.20. The van der Waals surface area contributed by atoms with Crippen LogP contribution in [0.3, 0.4) is 0 Å². The van der Waals surface area contributed by atoms with E-state index in [9.17, 15) is 14.7 Å². The number of nitrogens with zero attached hydrogens (tertiary/aromatic N) is 1. The smallest absolute Gasteiger partial charge is 0.253 e. The Morgan fingerprint density at radius 2 is 1.26 bits per heavy atom. The van der Waals surface area contributed by atoms with Crippen molar-refractivity contribution in [3.05, 3.63) is 69.8 Å². The van der Waals surface area contributed by atoms with Crippen molar-refractivity contribution >= 4 is 11.7 Å². The number of rotatable bonds is 8. The number of hydrogen-bond acceptors (Lipinski definition) is 3. The van der Waals surface area contributed by atoms with Crippen LogP contribution in [0, 0.1) is 19.3 Å².